The highest BCUT2D eigenvalue weighted by Crippen LogP contribution is 2.22. The van der Waals surface area contributed by atoms with E-state index in [1.54, 1.807) is 0 Å². The van der Waals surface area contributed by atoms with Crippen molar-refractivity contribution >= 4 is 5.69 Å². The van der Waals surface area contributed by atoms with Crippen LogP contribution in [-0.4, -0.2) is 6.04 Å². The molecule has 0 fully saturated rings. The first-order chi connectivity index (χ1) is 6.61. The van der Waals surface area contributed by atoms with Gasteiger partial charge in [-0.25, -0.2) is 5.43 Å². The van der Waals surface area contributed by atoms with Crippen LogP contribution in [0.3, 0.4) is 0 Å². The molecule has 0 bridgehead atoms. The Bertz CT molecular complexity index is 279. The van der Waals surface area contributed by atoms with Gasteiger partial charge in [0, 0.05) is 6.04 Å². The third-order valence-corrected chi connectivity index (χ3v) is 2.08. The van der Waals surface area contributed by atoms with Crippen LogP contribution in [0.5, 0.6) is 0 Å². The Labute approximate surface area is 86.7 Å². The van der Waals surface area contributed by atoms with E-state index in [1.807, 2.05) is 0 Å². The van der Waals surface area contributed by atoms with E-state index in [2.05, 4.69) is 62.8 Å². The summed E-state index contributed by atoms with van der Waals surface area (Å²) in [6, 6.07) is 8.83. The fourth-order valence-corrected chi connectivity index (χ4v) is 1.34. The van der Waals surface area contributed by atoms with Crippen molar-refractivity contribution in [3.63, 3.8) is 0 Å². The highest BCUT2D eigenvalue weighted by molar-refractivity contribution is 5.51. The molecule has 0 aliphatic carbocycles. The molecule has 14 heavy (non-hydrogen) atoms. The van der Waals surface area contributed by atoms with Gasteiger partial charge in [0.25, 0.3) is 0 Å². The Morgan fingerprint density at radius 2 is 1.64 bits per heavy atom. The fourth-order valence-electron chi connectivity index (χ4n) is 1.34. The van der Waals surface area contributed by atoms with Crippen LogP contribution in [0.15, 0.2) is 24.3 Å². The Kier molecular flexibility index (Phi) is 3.96. The molecule has 2 nitrogen and oxygen atoms in total. The summed E-state index contributed by atoms with van der Waals surface area (Å²) in [5.41, 5.74) is 8.98. The van der Waals surface area contributed by atoms with Gasteiger partial charge in [-0.3, -0.25) is 0 Å². The number of anilines is 1. The molecule has 0 amide bonds. The van der Waals surface area contributed by atoms with Crippen molar-refractivity contribution in [1.82, 2.24) is 5.43 Å². The van der Waals surface area contributed by atoms with Gasteiger partial charge in [0.15, 0.2) is 0 Å². The predicted molar refractivity (Wildman–Crippen MR) is 62.4 cm³/mol. The molecule has 0 aromatic heterocycles. The predicted octanol–water partition coefficient (Wildman–Crippen LogP) is 3.13. The van der Waals surface area contributed by atoms with Gasteiger partial charge < -0.3 is 5.43 Å². The maximum Gasteiger partial charge on any atom is 0.0522 e. The number of nitrogens with one attached hydrogen (secondary N) is 2. The van der Waals surface area contributed by atoms with Crippen LogP contribution in [0.2, 0.25) is 0 Å². The molecular formula is C12H20N2. The molecular weight excluding hydrogens is 172 g/mol. The van der Waals surface area contributed by atoms with Gasteiger partial charge >= 0.3 is 0 Å². The van der Waals surface area contributed by atoms with Crippen LogP contribution in [0.25, 0.3) is 0 Å². The van der Waals surface area contributed by atoms with Crippen LogP contribution in [0.4, 0.5) is 5.69 Å². The van der Waals surface area contributed by atoms with E-state index in [-0.39, 0.29) is 0 Å². The van der Waals surface area contributed by atoms with E-state index in [0.29, 0.717) is 12.0 Å². The van der Waals surface area contributed by atoms with Crippen molar-refractivity contribution in [2.24, 2.45) is 0 Å². The molecule has 1 rings (SSSR count). The monoisotopic (exact) mass is 192 g/mol. The standard InChI is InChI=1S/C12H20N2/c1-9(2)11-7-5-6-8-12(11)14-13-10(3)4/h5-10,13-14H,1-4H3. The lowest BCUT2D eigenvalue weighted by Gasteiger charge is -2.16. The lowest BCUT2D eigenvalue weighted by atomic mass is 10.0. The van der Waals surface area contributed by atoms with E-state index in [9.17, 15) is 0 Å². The molecule has 0 radical (unpaired) electrons. The topological polar surface area (TPSA) is 24.1 Å². The Balaban J connectivity index is 2.74. The molecule has 0 saturated heterocycles. The summed E-state index contributed by atoms with van der Waals surface area (Å²) in [5.74, 6) is 0.549. The van der Waals surface area contributed by atoms with Gasteiger partial charge in [-0.1, -0.05) is 32.0 Å². The lowest BCUT2D eigenvalue weighted by Crippen LogP contribution is -2.29. The smallest absolute Gasteiger partial charge is 0.0522 e. The van der Waals surface area contributed by atoms with E-state index < -0.39 is 0 Å². The lowest BCUT2D eigenvalue weighted by molar-refractivity contribution is 0.657. The van der Waals surface area contributed by atoms with Gasteiger partial charge in [-0.15, -0.1) is 0 Å². The highest BCUT2D eigenvalue weighted by Gasteiger charge is 2.04. The molecule has 0 spiro atoms. The van der Waals surface area contributed by atoms with Gasteiger partial charge in [0.2, 0.25) is 0 Å². The van der Waals surface area contributed by atoms with E-state index in [0.717, 1.165) is 0 Å². The SMILES string of the molecule is CC(C)NNc1ccccc1C(C)C. The molecule has 78 valence electrons. The minimum atomic E-state index is 0.440. The second-order valence-corrected chi connectivity index (χ2v) is 4.17. The summed E-state index contributed by atoms with van der Waals surface area (Å²) in [5, 5.41) is 0. The van der Waals surface area contributed by atoms with E-state index in [1.165, 1.54) is 11.3 Å². The zero-order valence-corrected chi connectivity index (χ0v) is 9.46. The van der Waals surface area contributed by atoms with E-state index in [4.69, 9.17) is 0 Å². The summed E-state index contributed by atoms with van der Waals surface area (Å²) < 4.78 is 0. The molecule has 0 saturated carbocycles. The van der Waals surface area contributed by atoms with Gasteiger partial charge in [0.1, 0.15) is 0 Å². The van der Waals surface area contributed by atoms with Crippen molar-refractivity contribution in [2.75, 3.05) is 5.43 Å². The second-order valence-electron chi connectivity index (χ2n) is 4.17. The Morgan fingerprint density at radius 3 is 2.21 bits per heavy atom. The molecule has 1 aromatic carbocycles. The largest absolute Gasteiger partial charge is 0.321 e. The molecule has 0 aliphatic rings. The first-order valence-corrected chi connectivity index (χ1v) is 5.21. The molecule has 2 heteroatoms. The fraction of sp³-hybridized carbons (Fsp3) is 0.500. The highest BCUT2D eigenvalue weighted by atomic mass is 15.4. The molecule has 0 aliphatic heterocycles. The average Bonchev–Trinajstić information content (AvgIpc) is 2.15. The van der Waals surface area contributed by atoms with Crippen LogP contribution >= 0.6 is 0 Å². The van der Waals surface area contributed by atoms with Crippen molar-refractivity contribution in [3.05, 3.63) is 29.8 Å². The van der Waals surface area contributed by atoms with Gasteiger partial charge in [-0.2, -0.15) is 0 Å². The second kappa shape index (κ2) is 5.01. The number of hydrogen-bond acceptors (Lipinski definition) is 2. The third kappa shape index (κ3) is 3.04. The maximum absolute atomic E-state index is 3.24. The number of hydrazine groups is 1. The van der Waals surface area contributed by atoms with Crippen molar-refractivity contribution in [2.45, 2.75) is 39.7 Å². The summed E-state index contributed by atoms with van der Waals surface area (Å²) in [6.45, 7) is 8.64. The molecule has 0 atom stereocenters. The first-order valence-electron chi connectivity index (χ1n) is 5.21. The molecule has 1 aromatic rings. The number of rotatable bonds is 4. The molecule has 0 unspecified atom stereocenters. The molecule has 0 heterocycles. The van der Waals surface area contributed by atoms with Crippen LogP contribution < -0.4 is 10.9 Å². The average molecular weight is 192 g/mol. The zero-order valence-electron chi connectivity index (χ0n) is 9.46. The van der Waals surface area contributed by atoms with Gasteiger partial charge in [-0.05, 0) is 31.4 Å². The summed E-state index contributed by atoms with van der Waals surface area (Å²) in [6.07, 6.45) is 0. The Morgan fingerprint density at radius 1 is 1.00 bits per heavy atom. The summed E-state index contributed by atoms with van der Waals surface area (Å²) in [7, 11) is 0. The summed E-state index contributed by atoms with van der Waals surface area (Å²) >= 11 is 0. The normalized spacial score (nSPS) is 11.0. The van der Waals surface area contributed by atoms with Crippen molar-refractivity contribution in [3.8, 4) is 0 Å². The number of hydrogen-bond donors (Lipinski definition) is 2. The maximum atomic E-state index is 3.24. The minimum absolute atomic E-state index is 0.440. The van der Waals surface area contributed by atoms with Gasteiger partial charge in [0.05, 0.1) is 5.69 Å². The Hall–Kier alpha value is -1.02. The molecule has 2 N–H and O–H groups in total. The number of para-hydroxylation sites is 1. The minimum Gasteiger partial charge on any atom is -0.321 e. The van der Waals surface area contributed by atoms with Crippen LogP contribution in [0.1, 0.15) is 39.2 Å². The first kappa shape index (κ1) is 11.1. The van der Waals surface area contributed by atoms with Crippen LogP contribution in [0, 0.1) is 0 Å². The third-order valence-electron chi connectivity index (χ3n) is 2.08. The van der Waals surface area contributed by atoms with Crippen LogP contribution in [-0.2, 0) is 0 Å². The van der Waals surface area contributed by atoms with Crippen molar-refractivity contribution in [1.29, 1.82) is 0 Å². The quantitative estimate of drug-likeness (QED) is 0.716. The summed E-state index contributed by atoms with van der Waals surface area (Å²) in [4.78, 5) is 0. The zero-order chi connectivity index (χ0) is 10.6. The van der Waals surface area contributed by atoms with Crippen molar-refractivity contribution < 1.29 is 0 Å². The number of benzene rings is 1. The van der Waals surface area contributed by atoms with E-state index >= 15 is 0 Å².